The van der Waals surface area contributed by atoms with Gasteiger partial charge >= 0.3 is 5.97 Å². The minimum absolute atomic E-state index is 0.201. The van der Waals surface area contributed by atoms with E-state index < -0.39 is 27.8 Å². The van der Waals surface area contributed by atoms with Gasteiger partial charge in [0.15, 0.2) is 0 Å². The van der Waals surface area contributed by atoms with E-state index in [4.69, 9.17) is 0 Å². The van der Waals surface area contributed by atoms with E-state index >= 15 is 0 Å². The summed E-state index contributed by atoms with van der Waals surface area (Å²) in [6, 6.07) is 23.6. The Morgan fingerprint density at radius 1 is 0.975 bits per heavy atom. The number of sulfone groups is 1. The lowest BCUT2D eigenvalue weighted by Gasteiger charge is -2.29. The van der Waals surface area contributed by atoms with E-state index in [2.05, 4.69) is 41.4 Å². The van der Waals surface area contributed by atoms with E-state index in [9.17, 15) is 23.1 Å². The van der Waals surface area contributed by atoms with Crippen LogP contribution >= 0.6 is 0 Å². The third kappa shape index (κ3) is 7.58. The summed E-state index contributed by atoms with van der Waals surface area (Å²) in [7, 11) is -3.38. The molecule has 1 fully saturated rings. The van der Waals surface area contributed by atoms with Gasteiger partial charge in [-0.1, -0.05) is 60.7 Å². The SMILES string of the molecule is Cc1ccccc1-c1cc(CN2C(Cc3ccccc3)CC[C@@H]2C)ccc1C(=O)NC(CCS(C)(=O)=O)C(=O)O. The van der Waals surface area contributed by atoms with Crippen LogP contribution in [-0.2, 0) is 27.6 Å². The molecule has 0 radical (unpaired) electrons. The monoisotopic (exact) mass is 562 g/mol. The first-order chi connectivity index (χ1) is 19.0. The van der Waals surface area contributed by atoms with Gasteiger partial charge in [0.25, 0.3) is 5.91 Å². The Hall–Kier alpha value is -3.49. The maximum absolute atomic E-state index is 13.4. The molecule has 1 amide bonds. The number of carboxylic acid groups (broad SMARTS) is 1. The number of rotatable bonds is 11. The lowest BCUT2D eigenvalue weighted by Crippen LogP contribution is -2.42. The van der Waals surface area contributed by atoms with Gasteiger partial charge in [-0.3, -0.25) is 9.69 Å². The zero-order valence-electron chi connectivity index (χ0n) is 23.3. The molecule has 40 heavy (non-hydrogen) atoms. The summed E-state index contributed by atoms with van der Waals surface area (Å²) in [5.74, 6) is -2.13. The molecule has 0 aliphatic carbocycles. The molecular weight excluding hydrogens is 524 g/mol. The number of nitrogens with zero attached hydrogens (tertiary/aromatic N) is 1. The van der Waals surface area contributed by atoms with E-state index in [1.165, 1.54) is 5.56 Å². The number of carbonyl (C=O) groups is 2. The quantitative estimate of drug-likeness (QED) is 0.345. The molecule has 8 heteroatoms. The first kappa shape index (κ1) is 29.5. The van der Waals surface area contributed by atoms with Crippen molar-refractivity contribution in [1.29, 1.82) is 0 Å². The first-order valence-electron chi connectivity index (χ1n) is 13.7. The van der Waals surface area contributed by atoms with Gasteiger partial charge < -0.3 is 10.4 Å². The molecule has 0 bridgehead atoms. The molecule has 1 saturated heterocycles. The minimum Gasteiger partial charge on any atom is -0.480 e. The molecule has 0 spiro atoms. The zero-order chi connectivity index (χ0) is 28.9. The van der Waals surface area contributed by atoms with Crippen LogP contribution < -0.4 is 5.32 Å². The van der Waals surface area contributed by atoms with Crippen LogP contribution in [0.25, 0.3) is 11.1 Å². The molecule has 2 N–H and O–H groups in total. The normalized spacial score (nSPS) is 18.4. The van der Waals surface area contributed by atoms with Crippen molar-refractivity contribution in [2.24, 2.45) is 0 Å². The molecule has 3 atom stereocenters. The van der Waals surface area contributed by atoms with E-state index in [-0.39, 0.29) is 12.2 Å². The number of hydrogen-bond acceptors (Lipinski definition) is 5. The van der Waals surface area contributed by atoms with Crippen molar-refractivity contribution in [2.45, 2.75) is 64.2 Å². The van der Waals surface area contributed by atoms with Gasteiger partial charge in [-0.15, -0.1) is 0 Å². The average Bonchev–Trinajstić information content (AvgIpc) is 3.25. The smallest absolute Gasteiger partial charge is 0.326 e. The number of hydrogen-bond donors (Lipinski definition) is 2. The molecule has 1 aliphatic heterocycles. The van der Waals surface area contributed by atoms with Gasteiger partial charge in [0.05, 0.1) is 5.75 Å². The second-order valence-electron chi connectivity index (χ2n) is 10.9. The van der Waals surface area contributed by atoms with Crippen molar-refractivity contribution >= 4 is 21.7 Å². The molecule has 1 heterocycles. The number of carboxylic acids is 1. The van der Waals surface area contributed by atoms with Crippen LogP contribution in [-0.4, -0.2) is 60.4 Å². The Kier molecular flexibility index (Phi) is 9.43. The van der Waals surface area contributed by atoms with Crippen molar-refractivity contribution < 1.29 is 23.1 Å². The van der Waals surface area contributed by atoms with E-state index in [0.29, 0.717) is 17.6 Å². The molecule has 7 nitrogen and oxygen atoms in total. The maximum atomic E-state index is 13.4. The zero-order valence-corrected chi connectivity index (χ0v) is 24.2. The van der Waals surface area contributed by atoms with Gasteiger partial charge in [-0.05, 0) is 79.5 Å². The Morgan fingerprint density at radius 3 is 2.35 bits per heavy atom. The molecule has 1 aliphatic rings. The van der Waals surface area contributed by atoms with Crippen LogP contribution in [0.2, 0.25) is 0 Å². The first-order valence-corrected chi connectivity index (χ1v) is 15.8. The Labute approximate surface area is 237 Å². The van der Waals surface area contributed by atoms with Crippen LogP contribution in [0.4, 0.5) is 0 Å². The highest BCUT2D eigenvalue weighted by molar-refractivity contribution is 7.90. The predicted octanol–water partition coefficient (Wildman–Crippen LogP) is 4.88. The summed E-state index contributed by atoms with van der Waals surface area (Å²) in [6.07, 6.45) is 4.10. The Morgan fingerprint density at radius 2 is 1.68 bits per heavy atom. The van der Waals surface area contributed by atoms with Crippen molar-refractivity contribution in [3.05, 3.63) is 95.1 Å². The molecule has 0 saturated carbocycles. The topological polar surface area (TPSA) is 104 Å². The summed E-state index contributed by atoms with van der Waals surface area (Å²) in [5.41, 5.74) is 5.38. The highest BCUT2D eigenvalue weighted by atomic mass is 32.2. The number of likely N-dealkylation sites (tertiary alicyclic amines) is 1. The standard InChI is InChI=1S/C32H38N2O5S/c1-22-9-7-8-12-27(22)29-20-25(21-34-23(2)13-15-26(34)19-24-10-5-4-6-11-24)14-16-28(29)31(35)33-30(32(36)37)17-18-40(3,38)39/h4-12,14,16,20,23,26,30H,13,15,17-19,21H2,1-3H3,(H,33,35)(H,36,37)/t23-,26?,30?/m0/s1. The third-order valence-corrected chi connectivity index (χ3v) is 8.75. The number of aryl methyl sites for hydroxylation is 1. The highest BCUT2D eigenvalue weighted by Gasteiger charge is 2.31. The highest BCUT2D eigenvalue weighted by Crippen LogP contribution is 2.32. The number of carbonyl (C=O) groups excluding carboxylic acids is 1. The second-order valence-corrected chi connectivity index (χ2v) is 13.2. The van der Waals surface area contributed by atoms with Gasteiger partial charge in [-0.25, -0.2) is 13.2 Å². The summed E-state index contributed by atoms with van der Waals surface area (Å²) in [4.78, 5) is 27.8. The molecule has 212 valence electrons. The van der Waals surface area contributed by atoms with Crippen LogP contribution in [0, 0.1) is 6.92 Å². The number of nitrogens with one attached hydrogen (secondary N) is 1. The van der Waals surface area contributed by atoms with Crippen molar-refractivity contribution in [3.63, 3.8) is 0 Å². The van der Waals surface area contributed by atoms with Crippen molar-refractivity contribution in [2.75, 3.05) is 12.0 Å². The van der Waals surface area contributed by atoms with Crippen molar-refractivity contribution in [3.8, 4) is 11.1 Å². The van der Waals surface area contributed by atoms with Gasteiger partial charge in [-0.2, -0.15) is 0 Å². The molecule has 3 aromatic rings. The number of aliphatic carboxylic acids is 1. The largest absolute Gasteiger partial charge is 0.480 e. The van der Waals surface area contributed by atoms with Crippen LogP contribution in [0.1, 0.15) is 53.2 Å². The van der Waals surface area contributed by atoms with Gasteiger partial charge in [0.2, 0.25) is 0 Å². The van der Waals surface area contributed by atoms with Crippen LogP contribution in [0.5, 0.6) is 0 Å². The van der Waals surface area contributed by atoms with Crippen LogP contribution in [0.15, 0.2) is 72.8 Å². The maximum Gasteiger partial charge on any atom is 0.326 e. The van der Waals surface area contributed by atoms with Gasteiger partial charge in [0.1, 0.15) is 15.9 Å². The summed E-state index contributed by atoms with van der Waals surface area (Å²) in [5, 5.41) is 12.2. The molecule has 4 rings (SSSR count). The molecular formula is C32H38N2O5S. The minimum atomic E-state index is -3.38. The number of benzene rings is 3. The summed E-state index contributed by atoms with van der Waals surface area (Å²) < 4.78 is 23.2. The third-order valence-electron chi connectivity index (χ3n) is 7.78. The molecule has 0 aromatic heterocycles. The van der Waals surface area contributed by atoms with E-state index in [0.717, 1.165) is 54.3 Å². The fraction of sp³-hybridized carbons (Fsp3) is 0.375. The van der Waals surface area contributed by atoms with Gasteiger partial charge in [0, 0.05) is 30.4 Å². The molecule has 2 unspecified atom stereocenters. The summed E-state index contributed by atoms with van der Waals surface area (Å²) in [6.45, 7) is 4.98. The summed E-state index contributed by atoms with van der Waals surface area (Å²) >= 11 is 0. The van der Waals surface area contributed by atoms with Crippen molar-refractivity contribution in [1.82, 2.24) is 10.2 Å². The number of amides is 1. The molecule has 3 aromatic carbocycles. The Balaban J connectivity index is 1.63. The second kappa shape index (κ2) is 12.8. The van der Waals surface area contributed by atoms with E-state index in [1.807, 2.05) is 49.4 Å². The van der Waals surface area contributed by atoms with Crippen LogP contribution in [0.3, 0.4) is 0 Å². The lowest BCUT2D eigenvalue weighted by molar-refractivity contribution is -0.139. The fourth-order valence-corrected chi connectivity index (χ4v) is 6.20. The predicted molar refractivity (Wildman–Crippen MR) is 158 cm³/mol. The fourth-order valence-electron chi connectivity index (χ4n) is 5.54. The lowest BCUT2D eigenvalue weighted by atomic mass is 9.93. The average molecular weight is 563 g/mol. The van der Waals surface area contributed by atoms with E-state index in [1.54, 1.807) is 6.07 Å². The Bertz CT molecular complexity index is 1460.